The molecule has 0 N–H and O–H groups in total. The van der Waals surface area contributed by atoms with E-state index in [4.69, 9.17) is 4.74 Å². The Morgan fingerprint density at radius 3 is 2.77 bits per heavy atom. The minimum Gasteiger partial charge on any atom is -0.368 e. The lowest BCUT2D eigenvalue weighted by Crippen LogP contribution is -2.45. The lowest BCUT2D eigenvalue weighted by molar-refractivity contribution is -0.144. The number of hydrogen-bond donors (Lipinski definition) is 0. The summed E-state index contributed by atoms with van der Waals surface area (Å²) in [5, 5.41) is 4.48. The molecule has 1 amide bonds. The highest BCUT2D eigenvalue weighted by atomic mass is 16.5. The van der Waals surface area contributed by atoms with Crippen LogP contribution in [0, 0.1) is 19.8 Å². The number of rotatable bonds is 5. The molecule has 1 aromatic rings. The van der Waals surface area contributed by atoms with Gasteiger partial charge in [0.1, 0.15) is 17.8 Å². The van der Waals surface area contributed by atoms with Gasteiger partial charge in [0.2, 0.25) is 0 Å². The van der Waals surface area contributed by atoms with E-state index in [1.54, 1.807) is 0 Å². The molecule has 0 radical (unpaired) electrons. The number of hydrogen-bond acceptors (Lipinski definition) is 4. The minimum absolute atomic E-state index is 0.111. The Morgan fingerprint density at radius 1 is 1.36 bits per heavy atom. The molecule has 1 aliphatic carbocycles. The van der Waals surface area contributed by atoms with Crippen molar-refractivity contribution < 1.29 is 9.53 Å². The highest BCUT2D eigenvalue weighted by Crippen LogP contribution is 2.29. The molecule has 1 aromatic heterocycles. The number of ether oxygens (including phenoxy) is 1. The maximum Gasteiger partial charge on any atom is 0.251 e. The zero-order chi connectivity index (χ0) is 15.7. The van der Waals surface area contributed by atoms with E-state index in [0.29, 0.717) is 12.5 Å². The summed E-state index contributed by atoms with van der Waals surface area (Å²) in [6.45, 7) is 8.01. The third-order valence-electron chi connectivity index (χ3n) is 4.59. The summed E-state index contributed by atoms with van der Waals surface area (Å²) < 4.78 is 7.70. The number of piperidine rings is 1. The Bertz CT molecular complexity index is 538. The van der Waals surface area contributed by atoms with Crippen LogP contribution >= 0.6 is 0 Å². The van der Waals surface area contributed by atoms with Gasteiger partial charge in [-0.05, 0) is 52.4 Å². The van der Waals surface area contributed by atoms with Crippen LogP contribution in [0.2, 0.25) is 0 Å². The molecule has 2 fully saturated rings. The van der Waals surface area contributed by atoms with Gasteiger partial charge in [-0.25, -0.2) is 9.67 Å². The van der Waals surface area contributed by atoms with Crippen LogP contribution in [-0.2, 0) is 9.53 Å². The van der Waals surface area contributed by atoms with Crippen molar-refractivity contribution in [2.24, 2.45) is 5.92 Å². The molecular formula is C16H26N4O2. The van der Waals surface area contributed by atoms with Crippen molar-refractivity contribution in [1.29, 1.82) is 0 Å². The highest BCUT2D eigenvalue weighted by Gasteiger charge is 2.30. The van der Waals surface area contributed by atoms with E-state index in [-0.39, 0.29) is 18.1 Å². The van der Waals surface area contributed by atoms with Crippen LogP contribution < -0.4 is 0 Å². The van der Waals surface area contributed by atoms with Gasteiger partial charge in [0.05, 0.1) is 12.6 Å². The van der Waals surface area contributed by atoms with Crippen LogP contribution in [0.4, 0.5) is 0 Å². The first-order valence-corrected chi connectivity index (χ1v) is 8.34. The van der Waals surface area contributed by atoms with E-state index in [2.05, 4.69) is 10.1 Å². The lowest BCUT2D eigenvalue weighted by Gasteiger charge is -2.34. The molecule has 0 aromatic carbocycles. The van der Waals surface area contributed by atoms with Crippen molar-refractivity contribution in [2.75, 3.05) is 19.7 Å². The largest absolute Gasteiger partial charge is 0.368 e. The molecule has 0 spiro atoms. The van der Waals surface area contributed by atoms with Crippen molar-refractivity contribution in [1.82, 2.24) is 19.7 Å². The second-order valence-corrected chi connectivity index (χ2v) is 6.65. The SMILES string of the molecule is Cc1nc(C)n([C@@H]2CCCN(C(=O)[C@@H](C)OCC3CC3)C2)n1. The first-order chi connectivity index (χ1) is 10.5. The highest BCUT2D eigenvalue weighted by molar-refractivity contribution is 5.80. The Kier molecular flexibility index (Phi) is 4.47. The van der Waals surface area contributed by atoms with E-state index in [9.17, 15) is 4.79 Å². The van der Waals surface area contributed by atoms with E-state index >= 15 is 0 Å². The summed E-state index contributed by atoms with van der Waals surface area (Å²) in [4.78, 5) is 18.9. The van der Waals surface area contributed by atoms with Gasteiger partial charge in [-0.2, -0.15) is 5.10 Å². The van der Waals surface area contributed by atoms with Gasteiger partial charge in [-0.1, -0.05) is 0 Å². The summed E-state index contributed by atoms with van der Waals surface area (Å²) in [7, 11) is 0. The third kappa shape index (κ3) is 3.48. The minimum atomic E-state index is -0.335. The van der Waals surface area contributed by atoms with Crippen molar-refractivity contribution in [3.63, 3.8) is 0 Å². The molecule has 0 unspecified atom stereocenters. The molecule has 2 heterocycles. The van der Waals surface area contributed by atoms with Crippen molar-refractivity contribution >= 4 is 5.91 Å². The Balaban J connectivity index is 1.59. The number of amides is 1. The van der Waals surface area contributed by atoms with E-state index in [1.807, 2.05) is 30.4 Å². The zero-order valence-corrected chi connectivity index (χ0v) is 13.8. The van der Waals surface area contributed by atoms with E-state index < -0.39 is 0 Å². The average Bonchev–Trinajstić information content (AvgIpc) is 3.28. The number of likely N-dealkylation sites (tertiary alicyclic amines) is 1. The first kappa shape index (κ1) is 15.5. The molecule has 6 nitrogen and oxygen atoms in total. The molecule has 122 valence electrons. The predicted molar refractivity (Wildman–Crippen MR) is 82.5 cm³/mol. The van der Waals surface area contributed by atoms with Crippen LogP contribution in [0.15, 0.2) is 0 Å². The van der Waals surface area contributed by atoms with Gasteiger partial charge in [-0.3, -0.25) is 4.79 Å². The lowest BCUT2D eigenvalue weighted by atomic mass is 10.1. The molecular weight excluding hydrogens is 280 g/mol. The van der Waals surface area contributed by atoms with Crippen LogP contribution in [-0.4, -0.2) is 51.4 Å². The van der Waals surface area contributed by atoms with Gasteiger partial charge in [0.25, 0.3) is 5.91 Å². The van der Waals surface area contributed by atoms with Crippen molar-refractivity contribution in [3.05, 3.63) is 11.6 Å². The number of nitrogens with zero attached hydrogens (tertiary/aromatic N) is 4. The Morgan fingerprint density at radius 2 is 2.14 bits per heavy atom. The van der Waals surface area contributed by atoms with Crippen LogP contribution in [0.3, 0.4) is 0 Å². The first-order valence-electron chi connectivity index (χ1n) is 8.34. The maximum atomic E-state index is 12.6. The molecule has 0 bridgehead atoms. The molecule has 6 heteroatoms. The van der Waals surface area contributed by atoms with Gasteiger partial charge in [-0.15, -0.1) is 0 Å². The van der Waals surface area contributed by atoms with Gasteiger partial charge >= 0.3 is 0 Å². The molecule has 1 saturated heterocycles. The standard InChI is InChI=1S/C16H26N4O2/c1-11(22-10-14-6-7-14)16(21)19-8-4-5-15(9-19)20-13(3)17-12(2)18-20/h11,14-15H,4-10H2,1-3H3/t11-,15-/m1/s1. The second kappa shape index (κ2) is 6.36. The van der Waals surface area contributed by atoms with Crippen LogP contribution in [0.5, 0.6) is 0 Å². The van der Waals surface area contributed by atoms with Crippen LogP contribution in [0.1, 0.15) is 50.3 Å². The van der Waals surface area contributed by atoms with Crippen molar-refractivity contribution in [3.8, 4) is 0 Å². The number of carbonyl (C=O) groups excluding carboxylic acids is 1. The third-order valence-corrected chi connectivity index (χ3v) is 4.59. The molecule has 2 aliphatic rings. The predicted octanol–water partition coefficient (Wildman–Crippen LogP) is 1.87. The van der Waals surface area contributed by atoms with E-state index in [1.165, 1.54) is 12.8 Å². The zero-order valence-electron chi connectivity index (χ0n) is 13.8. The van der Waals surface area contributed by atoms with Gasteiger partial charge < -0.3 is 9.64 Å². The fourth-order valence-corrected chi connectivity index (χ4v) is 3.13. The Hall–Kier alpha value is -1.43. The van der Waals surface area contributed by atoms with E-state index in [0.717, 1.165) is 37.6 Å². The molecule has 1 aliphatic heterocycles. The summed E-state index contributed by atoms with van der Waals surface area (Å²) >= 11 is 0. The molecule has 22 heavy (non-hydrogen) atoms. The smallest absolute Gasteiger partial charge is 0.251 e. The summed E-state index contributed by atoms with van der Waals surface area (Å²) in [5.74, 6) is 2.52. The average molecular weight is 306 g/mol. The fraction of sp³-hybridized carbons (Fsp3) is 0.812. The van der Waals surface area contributed by atoms with Gasteiger partial charge in [0, 0.05) is 13.1 Å². The second-order valence-electron chi connectivity index (χ2n) is 6.65. The topological polar surface area (TPSA) is 60.2 Å². The fourth-order valence-electron chi connectivity index (χ4n) is 3.13. The number of aromatic nitrogens is 3. The number of carbonyl (C=O) groups is 1. The Labute approximate surface area is 131 Å². The number of aryl methyl sites for hydroxylation is 2. The molecule has 2 atom stereocenters. The quantitative estimate of drug-likeness (QED) is 0.833. The molecule has 3 rings (SSSR count). The monoisotopic (exact) mass is 306 g/mol. The summed E-state index contributed by atoms with van der Waals surface area (Å²) in [6.07, 6.45) is 4.21. The van der Waals surface area contributed by atoms with Crippen molar-refractivity contribution in [2.45, 2.75) is 58.6 Å². The van der Waals surface area contributed by atoms with Gasteiger partial charge in [0.15, 0.2) is 0 Å². The summed E-state index contributed by atoms with van der Waals surface area (Å²) in [6, 6.07) is 0.231. The molecule has 1 saturated carbocycles. The normalized spacial score (nSPS) is 23.6. The van der Waals surface area contributed by atoms with Crippen LogP contribution in [0.25, 0.3) is 0 Å². The maximum absolute atomic E-state index is 12.6. The summed E-state index contributed by atoms with van der Waals surface area (Å²) in [5.41, 5.74) is 0.